The second-order valence-corrected chi connectivity index (χ2v) is 9.62. The molecule has 2 aliphatic heterocycles. The zero-order valence-electron chi connectivity index (χ0n) is 18.7. The van der Waals surface area contributed by atoms with Crippen molar-refractivity contribution in [1.82, 2.24) is 20.0 Å². The molecule has 3 aliphatic rings. The van der Waals surface area contributed by atoms with Gasteiger partial charge in [-0.25, -0.2) is 4.79 Å². The van der Waals surface area contributed by atoms with Gasteiger partial charge >= 0.3 is 6.03 Å². The molecular weight excluding hydrogens is 364 g/mol. The number of carbonyl (C=O) groups excluding carboxylic acids is 2. The molecule has 6 heteroatoms. The molecule has 0 bridgehead atoms. The summed E-state index contributed by atoms with van der Waals surface area (Å²) in [5, 5.41) is 3.26. The Balaban J connectivity index is 1.54. The fourth-order valence-electron chi connectivity index (χ4n) is 5.18. The van der Waals surface area contributed by atoms with Gasteiger partial charge in [-0.1, -0.05) is 33.1 Å². The topological polar surface area (TPSA) is 55.9 Å². The minimum absolute atomic E-state index is 0.00762. The Morgan fingerprint density at radius 1 is 0.966 bits per heavy atom. The third-order valence-electron chi connectivity index (χ3n) is 6.91. The van der Waals surface area contributed by atoms with Crippen LogP contribution in [0, 0.1) is 5.92 Å². The molecule has 1 N–H and O–H groups in total. The number of rotatable bonds is 7. The highest BCUT2D eigenvalue weighted by Crippen LogP contribution is 2.21. The van der Waals surface area contributed by atoms with Gasteiger partial charge in [-0.2, -0.15) is 0 Å². The molecule has 3 amide bonds. The Bertz CT molecular complexity index is 527. The molecule has 1 unspecified atom stereocenters. The standard InChI is InChI=1S/C23H42N4O2/c1-19(2)22(28)27(17-9-15-25-13-6-7-14-25)21-12-8-16-26(18-21)23(29)24-20-10-4-3-5-11-20/h19-21H,3-18H2,1-2H3,(H,24,29). The number of nitrogens with zero attached hydrogens (tertiary/aromatic N) is 3. The molecule has 29 heavy (non-hydrogen) atoms. The zero-order valence-corrected chi connectivity index (χ0v) is 18.7. The Morgan fingerprint density at radius 2 is 1.69 bits per heavy atom. The second-order valence-electron chi connectivity index (χ2n) is 9.62. The van der Waals surface area contributed by atoms with Crippen LogP contribution in [0.4, 0.5) is 4.79 Å². The molecule has 2 saturated heterocycles. The van der Waals surface area contributed by atoms with Crippen molar-refractivity contribution in [3.63, 3.8) is 0 Å². The first-order chi connectivity index (χ1) is 14.0. The van der Waals surface area contributed by atoms with Crippen LogP contribution >= 0.6 is 0 Å². The third kappa shape index (κ3) is 6.59. The van der Waals surface area contributed by atoms with E-state index in [1.54, 1.807) is 0 Å². The largest absolute Gasteiger partial charge is 0.338 e. The maximum absolute atomic E-state index is 13.0. The lowest BCUT2D eigenvalue weighted by Gasteiger charge is -2.41. The number of hydrogen-bond acceptors (Lipinski definition) is 3. The lowest BCUT2D eigenvalue weighted by molar-refractivity contribution is -0.138. The van der Waals surface area contributed by atoms with Gasteiger partial charge in [0.15, 0.2) is 0 Å². The number of hydrogen-bond donors (Lipinski definition) is 1. The highest BCUT2D eigenvalue weighted by Gasteiger charge is 2.32. The molecule has 6 nitrogen and oxygen atoms in total. The summed E-state index contributed by atoms with van der Waals surface area (Å²) in [4.78, 5) is 32.4. The summed E-state index contributed by atoms with van der Waals surface area (Å²) in [7, 11) is 0. The highest BCUT2D eigenvalue weighted by atomic mass is 16.2. The number of urea groups is 1. The molecule has 0 aromatic heterocycles. The van der Waals surface area contributed by atoms with Gasteiger partial charge in [0.05, 0.1) is 0 Å². The van der Waals surface area contributed by atoms with Crippen molar-refractivity contribution >= 4 is 11.9 Å². The van der Waals surface area contributed by atoms with E-state index in [1.807, 2.05) is 18.7 Å². The molecule has 3 fully saturated rings. The normalized spacial score (nSPS) is 24.1. The van der Waals surface area contributed by atoms with Crippen LogP contribution in [-0.2, 0) is 4.79 Å². The van der Waals surface area contributed by atoms with Crippen molar-refractivity contribution < 1.29 is 9.59 Å². The predicted molar refractivity (Wildman–Crippen MR) is 117 cm³/mol. The number of carbonyl (C=O) groups is 2. The van der Waals surface area contributed by atoms with E-state index in [9.17, 15) is 9.59 Å². The van der Waals surface area contributed by atoms with Crippen molar-refractivity contribution in [2.75, 3.05) is 39.3 Å². The summed E-state index contributed by atoms with van der Waals surface area (Å²) < 4.78 is 0. The van der Waals surface area contributed by atoms with Crippen molar-refractivity contribution in [3.8, 4) is 0 Å². The summed E-state index contributed by atoms with van der Waals surface area (Å²) in [6.07, 6.45) is 11.6. The van der Waals surface area contributed by atoms with E-state index in [4.69, 9.17) is 0 Å². The van der Waals surface area contributed by atoms with Gasteiger partial charge in [0.2, 0.25) is 5.91 Å². The van der Waals surface area contributed by atoms with Crippen LogP contribution in [-0.4, -0.2) is 78.0 Å². The van der Waals surface area contributed by atoms with E-state index in [2.05, 4.69) is 15.1 Å². The summed E-state index contributed by atoms with van der Waals surface area (Å²) in [5.41, 5.74) is 0. The fraction of sp³-hybridized carbons (Fsp3) is 0.913. The second kappa shape index (κ2) is 11.2. The average Bonchev–Trinajstić information content (AvgIpc) is 3.25. The summed E-state index contributed by atoms with van der Waals surface area (Å²) in [6, 6.07) is 0.579. The van der Waals surface area contributed by atoms with E-state index in [0.717, 1.165) is 51.7 Å². The van der Waals surface area contributed by atoms with Gasteiger partial charge in [0.25, 0.3) is 0 Å². The first kappa shape index (κ1) is 22.4. The van der Waals surface area contributed by atoms with Gasteiger partial charge < -0.3 is 20.0 Å². The van der Waals surface area contributed by atoms with E-state index in [1.165, 1.54) is 45.2 Å². The Hall–Kier alpha value is -1.30. The first-order valence-corrected chi connectivity index (χ1v) is 12.1. The van der Waals surface area contributed by atoms with Crippen LogP contribution in [0.5, 0.6) is 0 Å². The minimum atomic E-state index is 0.00762. The molecule has 0 spiro atoms. The molecule has 0 aromatic carbocycles. The van der Waals surface area contributed by atoms with Crippen LogP contribution in [0.2, 0.25) is 0 Å². The highest BCUT2D eigenvalue weighted by molar-refractivity contribution is 5.79. The van der Waals surface area contributed by atoms with E-state index in [0.29, 0.717) is 12.6 Å². The number of likely N-dealkylation sites (tertiary alicyclic amines) is 2. The smallest absolute Gasteiger partial charge is 0.317 e. The van der Waals surface area contributed by atoms with Crippen LogP contribution in [0.25, 0.3) is 0 Å². The first-order valence-electron chi connectivity index (χ1n) is 12.1. The number of piperidine rings is 1. The van der Waals surface area contributed by atoms with Crippen LogP contribution in [0.15, 0.2) is 0 Å². The monoisotopic (exact) mass is 406 g/mol. The Kier molecular flexibility index (Phi) is 8.64. The maximum Gasteiger partial charge on any atom is 0.317 e. The molecule has 1 aliphatic carbocycles. The SMILES string of the molecule is CC(C)C(=O)N(CCCN1CCCC1)C1CCCN(C(=O)NC2CCCCC2)C1. The molecular formula is C23H42N4O2. The van der Waals surface area contributed by atoms with Gasteiger partial charge in [0, 0.05) is 37.6 Å². The summed E-state index contributed by atoms with van der Waals surface area (Å²) >= 11 is 0. The summed E-state index contributed by atoms with van der Waals surface area (Å²) in [6.45, 7) is 9.79. The molecule has 1 saturated carbocycles. The van der Waals surface area contributed by atoms with Crippen molar-refractivity contribution in [2.24, 2.45) is 5.92 Å². The van der Waals surface area contributed by atoms with E-state index >= 15 is 0 Å². The Labute approximate surface area is 177 Å². The van der Waals surface area contributed by atoms with E-state index < -0.39 is 0 Å². The van der Waals surface area contributed by atoms with Crippen molar-refractivity contribution in [1.29, 1.82) is 0 Å². The van der Waals surface area contributed by atoms with Gasteiger partial charge in [-0.15, -0.1) is 0 Å². The maximum atomic E-state index is 13.0. The molecule has 3 rings (SSSR count). The fourth-order valence-corrected chi connectivity index (χ4v) is 5.18. The van der Waals surface area contributed by atoms with Crippen molar-refractivity contribution in [3.05, 3.63) is 0 Å². The van der Waals surface area contributed by atoms with Gasteiger partial charge in [-0.3, -0.25) is 4.79 Å². The van der Waals surface area contributed by atoms with Crippen LogP contribution in [0.1, 0.15) is 78.1 Å². The quantitative estimate of drug-likeness (QED) is 0.704. The molecule has 0 aromatic rings. The predicted octanol–water partition coefficient (Wildman–Crippen LogP) is 3.46. The Morgan fingerprint density at radius 3 is 2.38 bits per heavy atom. The molecule has 1 atom stereocenters. The van der Waals surface area contributed by atoms with Crippen molar-refractivity contribution in [2.45, 2.75) is 90.1 Å². The third-order valence-corrected chi connectivity index (χ3v) is 6.91. The average molecular weight is 407 g/mol. The van der Waals surface area contributed by atoms with Crippen LogP contribution in [0.3, 0.4) is 0 Å². The number of amides is 3. The molecule has 0 radical (unpaired) electrons. The van der Waals surface area contributed by atoms with Gasteiger partial charge in [0.1, 0.15) is 0 Å². The molecule has 2 heterocycles. The summed E-state index contributed by atoms with van der Waals surface area (Å²) in [5.74, 6) is 0.249. The van der Waals surface area contributed by atoms with Gasteiger partial charge in [-0.05, 0) is 64.6 Å². The number of nitrogens with one attached hydrogen (secondary N) is 1. The lowest BCUT2D eigenvalue weighted by atomic mass is 9.95. The van der Waals surface area contributed by atoms with E-state index in [-0.39, 0.29) is 23.9 Å². The molecule has 166 valence electrons. The lowest BCUT2D eigenvalue weighted by Crippen LogP contribution is -2.56. The minimum Gasteiger partial charge on any atom is -0.338 e. The zero-order chi connectivity index (χ0) is 20.6. The van der Waals surface area contributed by atoms with Crippen LogP contribution < -0.4 is 5.32 Å².